The summed E-state index contributed by atoms with van der Waals surface area (Å²) in [6.45, 7) is 2.19. The lowest BCUT2D eigenvalue weighted by atomic mass is 10.1. The SMILES string of the molecule is CCC(=O)Nc1ccc(CCc2nc3ccc(C(=O)NCc4ccccc4Cl)cc3[nH]2)cc1. The third-order valence-corrected chi connectivity index (χ3v) is 5.77. The van der Waals surface area contributed by atoms with E-state index in [9.17, 15) is 9.59 Å². The van der Waals surface area contributed by atoms with Gasteiger partial charge in [-0.25, -0.2) is 4.98 Å². The van der Waals surface area contributed by atoms with E-state index < -0.39 is 0 Å². The summed E-state index contributed by atoms with van der Waals surface area (Å²) in [7, 11) is 0. The number of aromatic amines is 1. The number of carbonyl (C=O) groups excluding carboxylic acids is 2. The van der Waals surface area contributed by atoms with Crippen LogP contribution in [0.3, 0.4) is 0 Å². The van der Waals surface area contributed by atoms with E-state index >= 15 is 0 Å². The van der Waals surface area contributed by atoms with Gasteiger partial charge in [0.1, 0.15) is 5.82 Å². The molecule has 0 aliphatic heterocycles. The average molecular weight is 461 g/mol. The highest BCUT2D eigenvalue weighted by molar-refractivity contribution is 6.31. The minimum atomic E-state index is -0.164. The van der Waals surface area contributed by atoms with Crippen LogP contribution >= 0.6 is 11.6 Å². The summed E-state index contributed by atoms with van der Waals surface area (Å²) in [5.74, 6) is 0.701. The van der Waals surface area contributed by atoms with Crippen LogP contribution < -0.4 is 10.6 Å². The van der Waals surface area contributed by atoms with E-state index in [1.807, 2.05) is 61.5 Å². The van der Waals surface area contributed by atoms with E-state index in [-0.39, 0.29) is 11.8 Å². The highest BCUT2D eigenvalue weighted by Gasteiger charge is 2.10. The lowest BCUT2D eigenvalue weighted by molar-refractivity contribution is -0.115. The zero-order valence-electron chi connectivity index (χ0n) is 18.3. The fourth-order valence-electron chi connectivity index (χ4n) is 3.51. The van der Waals surface area contributed by atoms with Crippen molar-refractivity contribution in [1.82, 2.24) is 15.3 Å². The highest BCUT2D eigenvalue weighted by atomic mass is 35.5. The first-order chi connectivity index (χ1) is 16.0. The Bertz CT molecular complexity index is 1280. The zero-order valence-corrected chi connectivity index (χ0v) is 19.1. The molecule has 3 aromatic carbocycles. The van der Waals surface area contributed by atoms with Crippen molar-refractivity contribution in [3.05, 3.63) is 94.3 Å². The third-order valence-electron chi connectivity index (χ3n) is 5.40. The predicted molar refractivity (Wildman–Crippen MR) is 131 cm³/mol. The van der Waals surface area contributed by atoms with Crippen LogP contribution in [0, 0.1) is 0 Å². The molecule has 0 saturated heterocycles. The maximum atomic E-state index is 12.6. The number of carbonyl (C=O) groups is 2. The predicted octanol–water partition coefficient (Wildman–Crippen LogP) is 5.28. The number of amides is 2. The molecule has 4 rings (SSSR count). The fraction of sp³-hybridized carbons (Fsp3) is 0.192. The molecule has 0 radical (unpaired) electrons. The molecule has 6 nitrogen and oxygen atoms in total. The normalized spacial score (nSPS) is 10.8. The van der Waals surface area contributed by atoms with Crippen LogP contribution in [0.25, 0.3) is 11.0 Å². The Hall–Kier alpha value is -3.64. The van der Waals surface area contributed by atoms with Crippen LogP contribution in [-0.4, -0.2) is 21.8 Å². The van der Waals surface area contributed by atoms with Crippen molar-refractivity contribution in [1.29, 1.82) is 0 Å². The third kappa shape index (κ3) is 5.79. The summed E-state index contributed by atoms with van der Waals surface area (Å²) < 4.78 is 0. The average Bonchev–Trinajstić information content (AvgIpc) is 3.25. The molecule has 0 saturated carbocycles. The van der Waals surface area contributed by atoms with Gasteiger partial charge in [-0.05, 0) is 53.9 Å². The number of anilines is 1. The minimum Gasteiger partial charge on any atom is -0.348 e. The Labute approximate surface area is 197 Å². The molecule has 0 aliphatic rings. The molecule has 0 fully saturated rings. The molecular formula is C26H25ClN4O2. The molecule has 0 spiro atoms. The number of hydrogen-bond acceptors (Lipinski definition) is 3. The number of fused-ring (bicyclic) bond motifs is 1. The van der Waals surface area contributed by atoms with Gasteiger partial charge in [-0.1, -0.05) is 48.9 Å². The largest absolute Gasteiger partial charge is 0.348 e. The number of H-pyrrole nitrogens is 1. The topological polar surface area (TPSA) is 86.9 Å². The summed E-state index contributed by atoms with van der Waals surface area (Å²) in [6.07, 6.45) is 2.01. The monoisotopic (exact) mass is 460 g/mol. The van der Waals surface area contributed by atoms with Gasteiger partial charge in [0.25, 0.3) is 5.91 Å². The fourth-order valence-corrected chi connectivity index (χ4v) is 3.71. The van der Waals surface area contributed by atoms with Gasteiger partial charge in [0.2, 0.25) is 5.91 Å². The molecule has 3 N–H and O–H groups in total. The summed E-state index contributed by atoms with van der Waals surface area (Å²) in [4.78, 5) is 32.0. The van der Waals surface area contributed by atoms with Gasteiger partial charge in [-0.2, -0.15) is 0 Å². The van der Waals surface area contributed by atoms with Crippen LogP contribution in [-0.2, 0) is 24.2 Å². The Morgan fingerprint density at radius 2 is 1.79 bits per heavy atom. The number of imidazole rings is 1. The van der Waals surface area contributed by atoms with E-state index in [0.29, 0.717) is 23.6 Å². The second-order valence-electron chi connectivity index (χ2n) is 7.79. The molecule has 1 aromatic heterocycles. The van der Waals surface area contributed by atoms with Crippen molar-refractivity contribution in [2.24, 2.45) is 0 Å². The maximum Gasteiger partial charge on any atom is 0.251 e. The molecule has 0 atom stereocenters. The van der Waals surface area contributed by atoms with E-state index in [1.54, 1.807) is 12.1 Å². The van der Waals surface area contributed by atoms with Gasteiger partial charge in [-0.15, -0.1) is 0 Å². The first-order valence-electron chi connectivity index (χ1n) is 10.9. The van der Waals surface area contributed by atoms with E-state index in [4.69, 9.17) is 11.6 Å². The van der Waals surface area contributed by atoms with Crippen LogP contribution in [0.2, 0.25) is 5.02 Å². The quantitative estimate of drug-likeness (QED) is 0.334. The summed E-state index contributed by atoms with van der Waals surface area (Å²) in [5, 5.41) is 6.39. The maximum absolute atomic E-state index is 12.6. The summed E-state index contributed by atoms with van der Waals surface area (Å²) >= 11 is 6.16. The van der Waals surface area contributed by atoms with Crippen LogP contribution in [0.1, 0.15) is 40.7 Å². The van der Waals surface area contributed by atoms with Crippen molar-refractivity contribution >= 4 is 40.1 Å². The number of nitrogens with one attached hydrogen (secondary N) is 3. The number of halogens is 1. The molecule has 168 valence electrons. The van der Waals surface area contributed by atoms with E-state index in [2.05, 4.69) is 20.6 Å². The molecule has 1 heterocycles. The van der Waals surface area contributed by atoms with Crippen molar-refractivity contribution in [3.63, 3.8) is 0 Å². The number of nitrogens with zero attached hydrogens (tertiary/aromatic N) is 1. The zero-order chi connectivity index (χ0) is 23.2. The number of rotatable bonds is 8. The number of aryl methyl sites for hydroxylation is 2. The van der Waals surface area contributed by atoms with Gasteiger partial charge in [0.15, 0.2) is 0 Å². The number of aromatic nitrogens is 2. The first-order valence-corrected chi connectivity index (χ1v) is 11.3. The summed E-state index contributed by atoms with van der Waals surface area (Å²) in [6, 6.07) is 20.7. The molecule has 7 heteroatoms. The van der Waals surface area contributed by atoms with Crippen molar-refractivity contribution in [2.75, 3.05) is 5.32 Å². The van der Waals surface area contributed by atoms with Crippen LogP contribution in [0.15, 0.2) is 66.7 Å². The first kappa shape index (κ1) is 22.6. The van der Waals surface area contributed by atoms with E-state index in [0.717, 1.165) is 46.5 Å². The molecule has 4 aromatic rings. The Morgan fingerprint density at radius 3 is 2.55 bits per heavy atom. The van der Waals surface area contributed by atoms with Crippen LogP contribution in [0.4, 0.5) is 5.69 Å². The molecule has 0 bridgehead atoms. The summed E-state index contributed by atoms with van der Waals surface area (Å²) in [5.41, 5.74) is 5.05. The Morgan fingerprint density at radius 1 is 1.00 bits per heavy atom. The standard InChI is InChI=1S/C26H25ClN4O2/c1-2-25(32)29-20-11-7-17(8-12-20)9-14-24-30-22-13-10-18(15-23(22)31-24)26(33)28-16-19-5-3-4-6-21(19)27/h3-8,10-13,15H,2,9,14,16H2,1H3,(H,28,33)(H,29,32)(H,30,31). The molecule has 33 heavy (non-hydrogen) atoms. The lowest BCUT2D eigenvalue weighted by Crippen LogP contribution is -2.22. The molecule has 0 unspecified atom stereocenters. The van der Waals surface area contributed by atoms with Gasteiger partial charge in [0.05, 0.1) is 11.0 Å². The molecular weight excluding hydrogens is 436 g/mol. The highest BCUT2D eigenvalue weighted by Crippen LogP contribution is 2.18. The van der Waals surface area contributed by atoms with Crippen molar-refractivity contribution in [2.45, 2.75) is 32.7 Å². The smallest absolute Gasteiger partial charge is 0.251 e. The lowest BCUT2D eigenvalue weighted by Gasteiger charge is -2.07. The van der Waals surface area contributed by atoms with Gasteiger partial charge >= 0.3 is 0 Å². The van der Waals surface area contributed by atoms with Gasteiger partial charge in [0, 0.05) is 35.7 Å². The number of hydrogen-bond donors (Lipinski definition) is 3. The van der Waals surface area contributed by atoms with E-state index in [1.165, 1.54) is 0 Å². The molecule has 2 amide bonds. The van der Waals surface area contributed by atoms with Crippen molar-refractivity contribution in [3.8, 4) is 0 Å². The Balaban J connectivity index is 1.37. The van der Waals surface area contributed by atoms with Gasteiger partial charge < -0.3 is 15.6 Å². The second kappa shape index (κ2) is 10.3. The Kier molecular flexibility index (Phi) is 7.05. The number of benzene rings is 3. The van der Waals surface area contributed by atoms with Gasteiger partial charge in [-0.3, -0.25) is 9.59 Å². The minimum absolute atomic E-state index is 0.00180. The van der Waals surface area contributed by atoms with Crippen LogP contribution in [0.5, 0.6) is 0 Å². The molecule has 0 aliphatic carbocycles. The van der Waals surface area contributed by atoms with Crippen molar-refractivity contribution < 1.29 is 9.59 Å². The second-order valence-corrected chi connectivity index (χ2v) is 8.20.